The zero-order valence-corrected chi connectivity index (χ0v) is 14.2. The molecule has 120 valence electrons. The van der Waals surface area contributed by atoms with Crippen molar-refractivity contribution in [1.29, 1.82) is 0 Å². The Morgan fingerprint density at radius 2 is 2.05 bits per heavy atom. The van der Waals surface area contributed by atoms with E-state index in [-0.39, 0.29) is 0 Å². The van der Waals surface area contributed by atoms with Crippen LogP contribution in [0.15, 0.2) is 11.2 Å². The predicted octanol–water partition coefficient (Wildman–Crippen LogP) is 1.00. The van der Waals surface area contributed by atoms with E-state index in [1.807, 2.05) is 11.5 Å². The zero-order chi connectivity index (χ0) is 16.1. The van der Waals surface area contributed by atoms with Gasteiger partial charge in [0.05, 0.1) is 35.6 Å². The fourth-order valence-corrected chi connectivity index (χ4v) is 4.85. The lowest BCUT2D eigenvalue weighted by Crippen LogP contribution is -2.37. The number of nitrogens with zero attached hydrogens (tertiary/aromatic N) is 5. The van der Waals surface area contributed by atoms with Gasteiger partial charge >= 0.3 is 0 Å². The van der Waals surface area contributed by atoms with Crippen LogP contribution in [0.5, 0.6) is 0 Å². The molecule has 0 saturated heterocycles. The summed E-state index contributed by atoms with van der Waals surface area (Å²) in [7, 11) is -1.77. The van der Waals surface area contributed by atoms with Crippen LogP contribution in [0.2, 0.25) is 0 Å². The van der Waals surface area contributed by atoms with E-state index >= 15 is 0 Å². The molecule has 0 saturated carbocycles. The first kappa shape index (κ1) is 15.2. The maximum Gasteiger partial charge on any atom is 0.247 e. The highest BCUT2D eigenvalue weighted by molar-refractivity contribution is 7.89. The van der Waals surface area contributed by atoms with Crippen molar-refractivity contribution < 1.29 is 8.42 Å². The lowest BCUT2D eigenvalue weighted by Gasteiger charge is -2.26. The lowest BCUT2D eigenvalue weighted by atomic mass is 10.2. The van der Waals surface area contributed by atoms with Gasteiger partial charge in [0, 0.05) is 26.6 Å². The number of aryl methyl sites for hydroxylation is 3. The molecule has 0 fully saturated rings. The number of sulfonamides is 1. The van der Waals surface area contributed by atoms with Crippen LogP contribution in [-0.2, 0) is 36.6 Å². The third kappa shape index (κ3) is 2.17. The molecule has 0 spiro atoms. The van der Waals surface area contributed by atoms with Crippen LogP contribution in [0.4, 0.5) is 0 Å². The largest absolute Gasteiger partial charge is 0.333 e. The summed E-state index contributed by atoms with van der Waals surface area (Å²) in [5.74, 6) is 0. The molecule has 0 bridgehead atoms. The molecule has 0 radical (unpaired) electrons. The van der Waals surface area contributed by atoms with Gasteiger partial charge in [-0.3, -0.25) is 4.68 Å². The minimum atomic E-state index is -3.54. The van der Waals surface area contributed by atoms with Crippen molar-refractivity contribution >= 4 is 10.0 Å². The Morgan fingerprint density at radius 3 is 2.64 bits per heavy atom. The highest BCUT2D eigenvalue weighted by atomic mass is 32.2. The molecular weight excluding hydrogens is 302 g/mol. The maximum absolute atomic E-state index is 13.0. The Labute approximate surface area is 130 Å². The average molecular weight is 323 g/mol. The van der Waals surface area contributed by atoms with Gasteiger partial charge in [-0.15, -0.1) is 0 Å². The molecule has 1 aliphatic heterocycles. The second kappa shape index (κ2) is 5.20. The van der Waals surface area contributed by atoms with E-state index in [9.17, 15) is 8.42 Å². The smallest absolute Gasteiger partial charge is 0.247 e. The summed E-state index contributed by atoms with van der Waals surface area (Å²) < 4.78 is 31.2. The minimum absolute atomic E-state index is 0.334. The minimum Gasteiger partial charge on any atom is -0.333 e. The van der Waals surface area contributed by atoms with E-state index in [1.165, 1.54) is 0 Å². The molecule has 0 atom stereocenters. The number of hydrogen-bond acceptors (Lipinski definition) is 4. The molecule has 3 heterocycles. The average Bonchev–Trinajstić information content (AvgIpc) is 2.99. The fraction of sp³-hybridized carbons (Fsp3) is 0.571. The number of imidazole rings is 1. The van der Waals surface area contributed by atoms with E-state index in [0.717, 1.165) is 17.9 Å². The molecule has 3 rings (SSSR count). The van der Waals surface area contributed by atoms with Crippen LogP contribution in [0.25, 0.3) is 0 Å². The van der Waals surface area contributed by atoms with Gasteiger partial charge in [-0.25, -0.2) is 13.4 Å². The highest BCUT2D eigenvalue weighted by Crippen LogP contribution is 2.27. The summed E-state index contributed by atoms with van der Waals surface area (Å²) in [6.07, 6.45) is 2.45. The second-order valence-electron chi connectivity index (χ2n) is 5.64. The molecule has 1 aliphatic rings. The van der Waals surface area contributed by atoms with E-state index in [4.69, 9.17) is 0 Å². The molecule has 7 nitrogen and oxygen atoms in total. The van der Waals surface area contributed by atoms with Crippen molar-refractivity contribution in [2.24, 2.45) is 7.05 Å². The number of rotatable bonds is 3. The first-order valence-corrected chi connectivity index (χ1v) is 8.83. The Bertz CT molecular complexity index is 805. The monoisotopic (exact) mass is 323 g/mol. The molecule has 22 heavy (non-hydrogen) atoms. The number of fused-ring (bicyclic) bond motifs is 1. The Kier molecular flexibility index (Phi) is 3.60. The summed E-state index contributed by atoms with van der Waals surface area (Å²) in [5.41, 5.74) is 3.23. The van der Waals surface area contributed by atoms with Crippen LogP contribution in [-0.4, -0.2) is 38.6 Å². The molecular formula is C14H21N5O2S. The van der Waals surface area contributed by atoms with Crippen molar-refractivity contribution in [2.75, 3.05) is 6.54 Å². The first-order valence-electron chi connectivity index (χ1n) is 7.39. The highest BCUT2D eigenvalue weighted by Gasteiger charge is 2.34. The van der Waals surface area contributed by atoms with E-state index in [1.54, 1.807) is 36.2 Å². The summed E-state index contributed by atoms with van der Waals surface area (Å²) in [6.45, 7) is 7.19. The zero-order valence-electron chi connectivity index (χ0n) is 13.4. The van der Waals surface area contributed by atoms with Crippen LogP contribution in [0.3, 0.4) is 0 Å². The van der Waals surface area contributed by atoms with Crippen molar-refractivity contribution in [3.63, 3.8) is 0 Å². The molecule has 0 amide bonds. The second-order valence-corrected chi connectivity index (χ2v) is 7.51. The summed E-state index contributed by atoms with van der Waals surface area (Å²) in [6, 6.07) is 0. The van der Waals surface area contributed by atoms with E-state index in [0.29, 0.717) is 35.8 Å². The van der Waals surface area contributed by atoms with Crippen molar-refractivity contribution in [1.82, 2.24) is 23.6 Å². The summed E-state index contributed by atoms with van der Waals surface area (Å²) in [4.78, 5) is 4.72. The summed E-state index contributed by atoms with van der Waals surface area (Å²) in [5, 5.41) is 4.23. The Morgan fingerprint density at radius 1 is 1.32 bits per heavy atom. The van der Waals surface area contributed by atoms with Gasteiger partial charge in [-0.1, -0.05) is 0 Å². The SMILES string of the molecule is CCn1cnc2c1CN(S(=O)(=O)c1c(C)nn(C)c1C)CC2. The maximum atomic E-state index is 13.0. The fourth-order valence-electron chi connectivity index (χ4n) is 3.05. The van der Waals surface area contributed by atoms with Gasteiger partial charge in [-0.05, 0) is 20.8 Å². The first-order chi connectivity index (χ1) is 10.4. The van der Waals surface area contributed by atoms with Crippen LogP contribution >= 0.6 is 0 Å². The van der Waals surface area contributed by atoms with Gasteiger partial charge in [0.15, 0.2) is 0 Å². The molecule has 0 aromatic carbocycles. The standard InChI is InChI=1S/C14H21N5O2S/c1-5-18-9-15-12-6-7-19(8-13(12)18)22(20,21)14-10(2)16-17(4)11(14)3/h9H,5-8H2,1-4H3. The van der Waals surface area contributed by atoms with Gasteiger partial charge in [-0.2, -0.15) is 9.40 Å². The van der Waals surface area contributed by atoms with Gasteiger partial charge in [0.1, 0.15) is 4.90 Å². The Hall–Kier alpha value is -1.67. The van der Waals surface area contributed by atoms with Crippen molar-refractivity contribution in [3.05, 3.63) is 29.1 Å². The topological polar surface area (TPSA) is 73.0 Å². The van der Waals surface area contributed by atoms with Crippen LogP contribution in [0.1, 0.15) is 29.7 Å². The molecule has 2 aromatic heterocycles. The molecule has 2 aromatic rings. The number of aromatic nitrogens is 4. The molecule has 0 N–H and O–H groups in total. The lowest BCUT2D eigenvalue weighted by molar-refractivity contribution is 0.377. The van der Waals surface area contributed by atoms with E-state index < -0.39 is 10.0 Å². The van der Waals surface area contributed by atoms with Gasteiger partial charge < -0.3 is 4.57 Å². The quantitative estimate of drug-likeness (QED) is 0.845. The number of hydrogen-bond donors (Lipinski definition) is 0. The Balaban J connectivity index is 2.01. The van der Waals surface area contributed by atoms with Crippen molar-refractivity contribution in [3.8, 4) is 0 Å². The molecule has 0 unspecified atom stereocenters. The normalized spacial score (nSPS) is 16.0. The third-order valence-electron chi connectivity index (χ3n) is 4.34. The summed E-state index contributed by atoms with van der Waals surface area (Å²) >= 11 is 0. The van der Waals surface area contributed by atoms with Gasteiger partial charge in [0.25, 0.3) is 0 Å². The predicted molar refractivity (Wildman–Crippen MR) is 81.9 cm³/mol. The van der Waals surface area contributed by atoms with Crippen molar-refractivity contribution in [2.45, 2.75) is 45.2 Å². The van der Waals surface area contributed by atoms with Crippen LogP contribution in [0, 0.1) is 13.8 Å². The third-order valence-corrected chi connectivity index (χ3v) is 6.44. The molecule has 8 heteroatoms. The van der Waals surface area contributed by atoms with E-state index in [2.05, 4.69) is 10.1 Å². The van der Waals surface area contributed by atoms with Crippen LogP contribution < -0.4 is 0 Å². The van der Waals surface area contributed by atoms with Gasteiger partial charge in [0.2, 0.25) is 10.0 Å². The molecule has 0 aliphatic carbocycles.